The van der Waals surface area contributed by atoms with E-state index in [1.807, 2.05) is 36.6 Å². The van der Waals surface area contributed by atoms with Crippen LogP contribution in [0.1, 0.15) is 0 Å². The number of benzene rings is 2. The molecule has 5 heteroatoms. The molecule has 0 saturated heterocycles. The molecule has 0 fully saturated rings. The Balaban J connectivity index is 2.26. The van der Waals surface area contributed by atoms with Crippen LogP contribution in [-0.4, -0.2) is 16.2 Å². The first-order valence-corrected chi connectivity index (χ1v) is 7.93. The molecule has 1 aromatic heterocycles. The van der Waals surface area contributed by atoms with Crippen LogP contribution in [0, 0.1) is 0 Å². The molecule has 0 aliphatic heterocycles. The summed E-state index contributed by atoms with van der Waals surface area (Å²) in [6.07, 6.45) is 2.03. The van der Waals surface area contributed by atoms with E-state index in [0.717, 1.165) is 21.4 Å². The molecule has 100 valence electrons. The molecule has 0 atom stereocenters. The van der Waals surface area contributed by atoms with E-state index in [9.17, 15) is 0 Å². The molecule has 20 heavy (non-hydrogen) atoms. The molecule has 0 amide bonds. The fraction of sp³-hybridized carbons (Fsp3) is 0.0667. The minimum absolute atomic E-state index is 0.442. The van der Waals surface area contributed by atoms with Gasteiger partial charge < -0.3 is 0 Å². The molecule has 0 unspecified atom stereocenters. The lowest BCUT2D eigenvalue weighted by Gasteiger charge is -2.08. The van der Waals surface area contributed by atoms with Crippen LogP contribution in [0.4, 0.5) is 0 Å². The summed E-state index contributed by atoms with van der Waals surface area (Å²) in [5, 5.41) is 1.88. The third kappa shape index (κ3) is 2.49. The normalized spacial score (nSPS) is 10.9. The topological polar surface area (TPSA) is 25.8 Å². The van der Waals surface area contributed by atoms with Gasteiger partial charge in [-0.2, -0.15) is 0 Å². The number of hydrogen-bond donors (Lipinski definition) is 0. The highest BCUT2D eigenvalue weighted by Gasteiger charge is 2.11. The zero-order valence-corrected chi connectivity index (χ0v) is 12.9. The van der Waals surface area contributed by atoms with Gasteiger partial charge in [0.1, 0.15) is 5.15 Å². The largest absolute Gasteiger partial charge is 0.228 e. The van der Waals surface area contributed by atoms with E-state index in [2.05, 4.69) is 9.97 Å². The highest BCUT2D eigenvalue weighted by molar-refractivity contribution is 7.98. The first kappa shape index (κ1) is 13.7. The number of rotatable bonds is 2. The number of thioether (sulfide) groups is 1. The maximum absolute atomic E-state index is 6.26. The second-order valence-corrected chi connectivity index (χ2v) is 5.84. The van der Waals surface area contributed by atoms with Crippen molar-refractivity contribution >= 4 is 45.9 Å². The van der Waals surface area contributed by atoms with Gasteiger partial charge in [0.2, 0.25) is 0 Å². The van der Waals surface area contributed by atoms with Gasteiger partial charge in [-0.15, -0.1) is 11.8 Å². The molecule has 0 aliphatic rings. The summed E-state index contributed by atoms with van der Waals surface area (Å²) in [7, 11) is 0. The Bertz CT molecular complexity index is 790. The highest BCUT2D eigenvalue weighted by Crippen LogP contribution is 2.31. The van der Waals surface area contributed by atoms with Crippen molar-refractivity contribution in [2.75, 3.05) is 6.26 Å². The lowest BCUT2D eigenvalue weighted by molar-refractivity contribution is 1.20. The molecule has 0 saturated carbocycles. The van der Waals surface area contributed by atoms with E-state index in [0.29, 0.717) is 16.0 Å². The Morgan fingerprint density at radius 1 is 1.00 bits per heavy atom. The Hall–Kier alpha value is -1.29. The van der Waals surface area contributed by atoms with Crippen LogP contribution in [0.3, 0.4) is 0 Å². The van der Waals surface area contributed by atoms with E-state index in [4.69, 9.17) is 23.2 Å². The van der Waals surface area contributed by atoms with E-state index in [1.165, 1.54) is 0 Å². The Morgan fingerprint density at radius 3 is 2.60 bits per heavy atom. The van der Waals surface area contributed by atoms with Crippen LogP contribution < -0.4 is 0 Å². The second kappa shape index (κ2) is 5.60. The van der Waals surface area contributed by atoms with Crippen molar-refractivity contribution in [2.24, 2.45) is 0 Å². The fourth-order valence-corrected chi connectivity index (χ4v) is 3.01. The molecular weight excluding hydrogens is 311 g/mol. The summed E-state index contributed by atoms with van der Waals surface area (Å²) < 4.78 is 0. The highest BCUT2D eigenvalue weighted by atomic mass is 35.5. The maximum atomic E-state index is 6.26. The van der Waals surface area contributed by atoms with Gasteiger partial charge in [0.15, 0.2) is 5.82 Å². The number of aromatic nitrogens is 2. The van der Waals surface area contributed by atoms with Crippen molar-refractivity contribution in [1.29, 1.82) is 0 Å². The molecule has 0 aliphatic carbocycles. The average molecular weight is 321 g/mol. The van der Waals surface area contributed by atoms with Crippen molar-refractivity contribution in [1.82, 2.24) is 9.97 Å². The minimum Gasteiger partial charge on any atom is -0.228 e. The van der Waals surface area contributed by atoms with Crippen molar-refractivity contribution < 1.29 is 0 Å². The number of nitrogens with zero attached hydrogens (tertiary/aromatic N) is 2. The summed E-state index contributed by atoms with van der Waals surface area (Å²) in [5.41, 5.74) is 1.73. The van der Waals surface area contributed by atoms with Crippen molar-refractivity contribution in [3.05, 3.63) is 52.6 Å². The summed E-state index contributed by atoms with van der Waals surface area (Å²) in [5.74, 6) is 0.620. The molecule has 0 N–H and O–H groups in total. The Kier molecular flexibility index (Phi) is 3.83. The van der Waals surface area contributed by atoms with Crippen LogP contribution in [0.25, 0.3) is 22.3 Å². The molecule has 2 aromatic carbocycles. The third-order valence-corrected chi connectivity index (χ3v) is 4.28. The SMILES string of the molecule is CSc1ccccc1-c1nc(Cl)c2ccc(Cl)cc2n1. The van der Waals surface area contributed by atoms with Crippen molar-refractivity contribution in [2.45, 2.75) is 4.90 Å². The molecule has 0 bridgehead atoms. The van der Waals surface area contributed by atoms with Gasteiger partial charge in [-0.05, 0) is 30.5 Å². The number of halogens is 2. The van der Waals surface area contributed by atoms with Gasteiger partial charge >= 0.3 is 0 Å². The predicted molar refractivity (Wildman–Crippen MR) is 86.8 cm³/mol. The van der Waals surface area contributed by atoms with E-state index >= 15 is 0 Å². The van der Waals surface area contributed by atoms with Gasteiger partial charge in [0, 0.05) is 20.9 Å². The molecule has 1 heterocycles. The molecular formula is C15H10Cl2N2S. The van der Waals surface area contributed by atoms with Gasteiger partial charge in [-0.25, -0.2) is 9.97 Å². The van der Waals surface area contributed by atoms with Crippen LogP contribution in [0.5, 0.6) is 0 Å². The zero-order chi connectivity index (χ0) is 14.1. The zero-order valence-electron chi connectivity index (χ0n) is 10.6. The first-order chi connectivity index (χ1) is 9.69. The van der Waals surface area contributed by atoms with Gasteiger partial charge in [0.05, 0.1) is 5.52 Å². The molecule has 2 nitrogen and oxygen atoms in total. The van der Waals surface area contributed by atoms with E-state index in [-0.39, 0.29) is 0 Å². The minimum atomic E-state index is 0.442. The summed E-state index contributed by atoms with van der Waals surface area (Å²) >= 11 is 13.9. The fourth-order valence-electron chi connectivity index (χ4n) is 2.01. The van der Waals surface area contributed by atoms with Crippen LogP contribution in [-0.2, 0) is 0 Å². The first-order valence-electron chi connectivity index (χ1n) is 5.95. The van der Waals surface area contributed by atoms with Crippen molar-refractivity contribution in [3.63, 3.8) is 0 Å². The van der Waals surface area contributed by atoms with Gasteiger partial charge in [-0.1, -0.05) is 41.4 Å². The summed E-state index contributed by atoms with van der Waals surface area (Å²) in [4.78, 5) is 10.1. The van der Waals surface area contributed by atoms with Crippen molar-refractivity contribution in [3.8, 4) is 11.4 Å². The Morgan fingerprint density at radius 2 is 1.80 bits per heavy atom. The quantitative estimate of drug-likeness (QED) is 0.471. The molecule has 3 aromatic rings. The average Bonchev–Trinajstić information content (AvgIpc) is 2.46. The van der Waals surface area contributed by atoms with Crippen LogP contribution in [0.2, 0.25) is 10.2 Å². The van der Waals surface area contributed by atoms with Crippen LogP contribution in [0.15, 0.2) is 47.4 Å². The smallest absolute Gasteiger partial charge is 0.162 e. The number of fused-ring (bicyclic) bond motifs is 1. The summed E-state index contributed by atoms with van der Waals surface area (Å²) in [6, 6.07) is 13.4. The van der Waals surface area contributed by atoms with Gasteiger partial charge in [0.25, 0.3) is 0 Å². The second-order valence-electron chi connectivity index (χ2n) is 4.20. The van der Waals surface area contributed by atoms with E-state index < -0.39 is 0 Å². The molecule has 3 rings (SSSR count). The Labute approximate surface area is 131 Å². The molecule has 0 spiro atoms. The van der Waals surface area contributed by atoms with Gasteiger partial charge in [-0.3, -0.25) is 0 Å². The van der Waals surface area contributed by atoms with Crippen LogP contribution >= 0.6 is 35.0 Å². The molecule has 0 radical (unpaired) electrons. The lowest BCUT2D eigenvalue weighted by atomic mass is 10.2. The lowest BCUT2D eigenvalue weighted by Crippen LogP contribution is -1.93. The monoisotopic (exact) mass is 320 g/mol. The summed E-state index contributed by atoms with van der Waals surface area (Å²) in [6.45, 7) is 0. The predicted octanol–water partition coefficient (Wildman–Crippen LogP) is 5.33. The standard InChI is InChI=1S/C15H10Cl2N2S/c1-20-13-5-3-2-4-11(13)15-18-12-8-9(16)6-7-10(12)14(17)19-15/h2-8H,1H3. The maximum Gasteiger partial charge on any atom is 0.162 e. The number of hydrogen-bond acceptors (Lipinski definition) is 3. The van der Waals surface area contributed by atoms with E-state index in [1.54, 1.807) is 23.9 Å². The third-order valence-electron chi connectivity index (χ3n) is 2.96.